The maximum absolute atomic E-state index is 14.2. The van der Waals surface area contributed by atoms with Crippen molar-refractivity contribution in [2.24, 2.45) is 5.41 Å². The third-order valence-electron chi connectivity index (χ3n) is 4.68. The molecule has 0 aromatic heterocycles. The van der Waals surface area contributed by atoms with Crippen LogP contribution in [0.5, 0.6) is 0 Å². The minimum Gasteiger partial charge on any atom is -0.444 e. The molecule has 0 saturated carbocycles. The minimum atomic E-state index is -2.29. The summed E-state index contributed by atoms with van der Waals surface area (Å²) in [5.74, 6) is -11.3. The Morgan fingerprint density at radius 3 is 1.73 bits per heavy atom. The van der Waals surface area contributed by atoms with Crippen LogP contribution in [-0.4, -0.2) is 46.7 Å². The van der Waals surface area contributed by atoms with Crippen molar-refractivity contribution in [3.63, 3.8) is 0 Å². The number of carbonyl (C=O) groups excluding carboxylic acids is 2. The Morgan fingerprint density at radius 1 is 0.900 bits per heavy atom. The van der Waals surface area contributed by atoms with Crippen LogP contribution in [0, 0.1) is 34.5 Å². The Hall–Kier alpha value is -2.39. The normalized spacial score (nSPS) is 20.2. The highest BCUT2D eigenvalue weighted by atomic mass is 19.2. The summed E-state index contributed by atoms with van der Waals surface area (Å²) in [6.07, 6.45) is -2.71. The van der Waals surface area contributed by atoms with Gasteiger partial charge in [-0.1, -0.05) is 20.8 Å². The summed E-state index contributed by atoms with van der Waals surface area (Å²) in [6, 6.07) is -1.51. The topological polar surface area (TPSA) is 49.9 Å². The largest absolute Gasteiger partial charge is 0.444 e. The van der Waals surface area contributed by atoms with E-state index in [2.05, 4.69) is 0 Å². The van der Waals surface area contributed by atoms with Crippen molar-refractivity contribution < 1.29 is 36.3 Å². The molecule has 2 atom stereocenters. The van der Waals surface area contributed by atoms with Crippen LogP contribution in [0.15, 0.2) is 0 Å². The number of carbonyl (C=O) groups is 2. The second-order valence-corrected chi connectivity index (χ2v) is 9.34. The Labute approximate surface area is 171 Å². The Bertz CT molecular complexity index is 848. The molecular weight excluding hydrogens is 411 g/mol. The van der Waals surface area contributed by atoms with Crippen molar-refractivity contribution in [3.05, 3.63) is 34.6 Å². The number of hydrogen-bond donors (Lipinski definition) is 0. The molecule has 10 heteroatoms. The molecule has 30 heavy (non-hydrogen) atoms. The van der Waals surface area contributed by atoms with Crippen molar-refractivity contribution in [1.29, 1.82) is 0 Å². The van der Waals surface area contributed by atoms with Crippen molar-refractivity contribution in [1.82, 2.24) is 9.80 Å². The van der Waals surface area contributed by atoms with Gasteiger partial charge in [0.1, 0.15) is 17.8 Å². The summed E-state index contributed by atoms with van der Waals surface area (Å²) in [7, 11) is 1.40. The average Bonchev–Trinajstić information content (AvgIpc) is 2.85. The molecule has 1 aliphatic heterocycles. The molecule has 0 bridgehead atoms. The van der Waals surface area contributed by atoms with Crippen LogP contribution in [0.1, 0.15) is 47.1 Å². The van der Waals surface area contributed by atoms with E-state index in [4.69, 9.17) is 4.74 Å². The molecule has 0 N–H and O–H groups in total. The van der Waals surface area contributed by atoms with E-state index in [9.17, 15) is 31.5 Å². The van der Waals surface area contributed by atoms with Gasteiger partial charge >= 0.3 is 6.09 Å². The number of ether oxygens (including phenoxy) is 1. The highest BCUT2D eigenvalue weighted by molar-refractivity contribution is 5.89. The number of hydrogen-bond acceptors (Lipinski definition) is 3. The van der Waals surface area contributed by atoms with Gasteiger partial charge in [-0.3, -0.25) is 9.69 Å². The number of likely N-dealkylation sites (N-methyl/N-ethyl adjacent to an activating group) is 1. The number of benzene rings is 1. The van der Waals surface area contributed by atoms with E-state index in [0.717, 1.165) is 4.90 Å². The van der Waals surface area contributed by atoms with Crippen LogP contribution in [-0.2, 0) is 16.0 Å². The highest BCUT2D eigenvalue weighted by Crippen LogP contribution is 2.37. The molecule has 2 unspecified atom stereocenters. The van der Waals surface area contributed by atoms with Gasteiger partial charge in [-0.2, -0.15) is 0 Å². The van der Waals surface area contributed by atoms with Gasteiger partial charge < -0.3 is 9.64 Å². The third kappa shape index (κ3) is 4.22. The van der Waals surface area contributed by atoms with Gasteiger partial charge in [-0.15, -0.1) is 0 Å². The summed E-state index contributed by atoms with van der Waals surface area (Å²) >= 11 is 0. The van der Waals surface area contributed by atoms with Crippen LogP contribution < -0.4 is 0 Å². The molecule has 0 aliphatic carbocycles. The molecule has 1 aromatic carbocycles. The van der Waals surface area contributed by atoms with E-state index >= 15 is 0 Å². The first-order chi connectivity index (χ1) is 13.5. The quantitative estimate of drug-likeness (QED) is 0.393. The lowest BCUT2D eigenvalue weighted by molar-refractivity contribution is -0.129. The molecule has 1 aliphatic rings. The first-order valence-corrected chi connectivity index (χ1v) is 9.27. The van der Waals surface area contributed by atoms with E-state index in [0.29, 0.717) is 0 Å². The van der Waals surface area contributed by atoms with Crippen LogP contribution in [0.25, 0.3) is 0 Å². The van der Waals surface area contributed by atoms with Crippen molar-refractivity contribution >= 4 is 12.0 Å². The van der Waals surface area contributed by atoms with Crippen molar-refractivity contribution in [2.75, 3.05) is 7.05 Å². The van der Waals surface area contributed by atoms with Crippen molar-refractivity contribution in [3.8, 4) is 0 Å². The van der Waals surface area contributed by atoms with Gasteiger partial charge in [0, 0.05) is 24.4 Å². The van der Waals surface area contributed by atoms with Gasteiger partial charge in [-0.25, -0.2) is 26.7 Å². The van der Waals surface area contributed by atoms with Gasteiger partial charge in [0.05, 0.1) is 0 Å². The summed E-state index contributed by atoms with van der Waals surface area (Å²) in [4.78, 5) is 28.0. The van der Waals surface area contributed by atoms with E-state index in [1.165, 1.54) is 11.9 Å². The summed E-state index contributed by atoms with van der Waals surface area (Å²) in [5.41, 5.74) is -2.81. The summed E-state index contributed by atoms with van der Waals surface area (Å²) in [6.45, 7) is 9.99. The summed E-state index contributed by atoms with van der Waals surface area (Å²) in [5, 5.41) is 0. The fourth-order valence-corrected chi connectivity index (χ4v) is 3.58. The first kappa shape index (κ1) is 23.9. The standard InChI is InChI=1S/C20H25F5N2O3/c1-19(2,3)17-26(7)16(28)10(27(17)18(29)30-20(4,5)6)8-9-11(21)13(23)15(25)14(24)12(9)22/h10,17H,8H2,1-7H3. The predicted octanol–water partition coefficient (Wildman–Crippen LogP) is 4.37. The molecule has 5 nitrogen and oxygen atoms in total. The lowest BCUT2D eigenvalue weighted by Crippen LogP contribution is -2.52. The lowest BCUT2D eigenvalue weighted by atomic mass is 9.91. The minimum absolute atomic E-state index is 0.702. The zero-order valence-electron chi connectivity index (χ0n) is 17.9. The molecule has 0 spiro atoms. The van der Waals surface area contributed by atoms with E-state index < -0.39 is 76.3 Å². The number of nitrogens with zero attached hydrogens (tertiary/aromatic N) is 2. The Kier molecular flexibility index (Phi) is 6.13. The molecule has 2 amide bonds. The second kappa shape index (κ2) is 7.70. The van der Waals surface area contributed by atoms with Crippen LogP contribution >= 0.6 is 0 Å². The second-order valence-electron chi connectivity index (χ2n) is 9.34. The SMILES string of the molecule is CN1C(=O)C(Cc2c(F)c(F)c(F)c(F)c2F)N(C(=O)OC(C)(C)C)C1C(C)(C)C. The Morgan fingerprint density at radius 2 is 1.33 bits per heavy atom. The first-order valence-electron chi connectivity index (χ1n) is 9.27. The van der Waals surface area contributed by atoms with Gasteiger partial charge in [0.25, 0.3) is 0 Å². The highest BCUT2D eigenvalue weighted by Gasteiger charge is 2.53. The monoisotopic (exact) mass is 436 g/mol. The maximum Gasteiger partial charge on any atom is 0.412 e. The number of amides is 2. The molecule has 1 saturated heterocycles. The molecule has 2 rings (SSSR count). The van der Waals surface area contributed by atoms with Crippen molar-refractivity contribution in [2.45, 2.75) is 65.8 Å². The van der Waals surface area contributed by atoms with Gasteiger partial charge in [-0.05, 0) is 20.8 Å². The van der Waals surface area contributed by atoms with Gasteiger partial charge in [0.2, 0.25) is 11.7 Å². The lowest BCUT2D eigenvalue weighted by Gasteiger charge is -2.39. The Balaban J connectivity index is 2.59. The average molecular weight is 436 g/mol. The maximum atomic E-state index is 14.2. The predicted molar refractivity (Wildman–Crippen MR) is 97.8 cm³/mol. The molecule has 0 radical (unpaired) electrons. The van der Waals surface area contributed by atoms with E-state index in [1.807, 2.05) is 0 Å². The fraction of sp³-hybridized carbons (Fsp3) is 0.600. The van der Waals surface area contributed by atoms with Gasteiger partial charge in [0.15, 0.2) is 23.3 Å². The zero-order chi connectivity index (χ0) is 23.3. The number of halogens is 5. The van der Waals surface area contributed by atoms with Crippen LogP contribution in [0.4, 0.5) is 26.7 Å². The molecular formula is C20H25F5N2O3. The zero-order valence-corrected chi connectivity index (χ0v) is 17.9. The molecule has 1 heterocycles. The fourth-order valence-electron chi connectivity index (χ4n) is 3.58. The summed E-state index contributed by atoms with van der Waals surface area (Å²) < 4.78 is 74.4. The molecule has 168 valence electrons. The molecule has 1 aromatic rings. The van der Waals surface area contributed by atoms with E-state index in [1.54, 1.807) is 41.5 Å². The smallest absolute Gasteiger partial charge is 0.412 e. The number of rotatable bonds is 2. The third-order valence-corrected chi connectivity index (χ3v) is 4.68. The van der Waals surface area contributed by atoms with Crippen LogP contribution in [0.2, 0.25) is 0 Å². The van der Waals surface area contributed by atoms with Crippen LogP contribution in [0.3, 0.4) is 0 Å². The van der Waals surface area contributed by atoms with E-state index in [-0.39, 0.29) is 0 Å². The molecule has 1 fully saturated rings.